The lowest BCUT2D eigenvalue weighted by molar-refractivity contribution is -0.143. The van der Waals surface area contributed by atoms with Crippen LogP contribution in [-0.2, 0) is 4.79 Å². The number of rotatable bonds is 2. The molecule has 1 aliphatic rings. The highest BCUT2D eigenvalue weighted by Gasteiger charge is 2.36. The number of aliphatic carboxylic acids is 1. The monoisotopic (exact) mass is 254 g/mol. The summed E-state index contributed by atoms with van der Waals surface area (Å²) >= 11 is 0. The number of hydrogen-bond donors (Lipinski definition) is 1. The van der Waals surface area contributed by atoms with Gasteiger partial charge in [-0.1, -0.05) is 6.92 Å². The molecular formula is C14H16F2O2. The van der Waals surface area contributed by atoms with Gasteiger partial charge in [-0.3, -0.25) is 4.79 Å². The van der Waals surface area contributed by atoms with Gasteiger partial charge in [0.05, 0.1) is 5.92 Å². The maximum absolute atomic E-state index is 13.8. The molecule has 2 nitrogen and oxygen atoms in total. The predicted octanol–water partition coefficient (Wildman–Crippen LogP) is 3.57. The molecule has 98 valence electrons. The quantitative estimate of drug-likeness (QED) is 0.876. The van der Waals surface area contributed by atoms with Crippen LogP contribution in [0.5, 0.6) is 0 Å². The minimum absolute atomic E-state index is 0.203. The van der Waals surface area contributed by atoms with Gasteiger partial charge in [-0.05, 0) is 48.9 Å². The molecule has 0 saturated heterocycles. The van der Waals surface area contributed by atoms with Crippen LogP contribution in [0.1, 0.15) is 37.7 Å². The molecule has 0 radical (unpaired) electrons. The van der Waals surface area contributed by atoms with Gasteiger partial charge in [-0.2, -0.15) is 0 Å². The van der Waals surface area contributed by atoms with Gasteiger partial charge in [0.25, 0.3) is 0 Å². The molecule has 0 spiro atoms. The van der Waals surface area contributed by atoms with Crippen LogP contribution in [0, 0.1) is 23.5 Å². The molecule has 1 fully saturated rings. The fourth-order valence-electron chi connectivity index (χ4n) is 2.82. The van der Waals surface area contributed by atoms with E-state index in [9.17, 15) is 18.7 Å². The fraction of sp³-hybridized carbons (Fsp3) is 0.500. The summed E-state index contributed by atoms with van der Waals surface area (Å²) in [5.74, 6) is -2.65. The van der Waals surface area contributed by atoms with Crippen molar-refractivity contribution in [2.45, 2.75) is 32.1 Å². The molecule has 1 N–H and O–H groups in total. The molecular weight excluding hydrogens is 238 g/mol. The van der Waals surface area contributed by atoms with Crippen molar-refractivity contribution in [3.05, 3.63) is 35.4 Å². The van der Waals surface area contributed by atoms with Crippen LogP contribution >= 0.6 is 0 Å². The number of hydrogen-bond acceptors (Lipinski definition) is 1. The first-order valence-electron chi connectivity index (χ1n) is 6.16. The second-order valence-electron chi connectivity index (χ2n) is 5.14. The molecule has 1 aliphatic carbocycles. The molecule has 1 aromatic rings. The van der Waals surface area contributed by atoms with Crippen LogP contribution in [0.2, 0.25) is 0 Å². The van der Waals surface area contributed by atoms with E-state index in [0.717, 1.165) is 24.6 Å². The summed E-state index contributed by atoms with van der Waals surface area (Å²) in [6.07, 6.45) is 1.94. The predicted molar refractivity (Wildman–Crippen MR) is 63.2 cm³/mol. The maximum atomic E-state index is 13.8. The zero-order valence-corrected chi connectivity index (χ0v) is 10.2. The Morgan fingerprint density at radius 2 is 2.06 bits per heavy atom. The van der Waals surface area contributed by atoms with Crippen LogP contribution in [0.15, 0.2) is 18.2 Å². The molecule has 18 heavy (non-hydrogen) atoms. The average molecular weight is 254 g/mol. The number of carboxylic acid groups (broad SMARTS) is 1. The van der Waals surface area contributed by atoms with E-state index in [2.05, 4.69) is 0 Å². The normalized spacial score (nSPS) is 28.1. The fourth-order valence-corrected chi connectivity index (χ4v) is 2.82. The van der Waals surface area contributed by atoms with E-state index in [-0.39, 0.29) is 5.56 Å². The van der Waals surface area contributed by atoms with Gasteiger partial charge < -0.3 is 5.11 Å². The maximum Gasteiger partial charge on any atom is 0.307 e. The van der Waals surface area contributed by atoms with E-state index in [1.807, 2.05) is 6.92 Å². The highest BCUT2D eigenvalue weighted by atomic mass is 19.1. The number of benzene rings is 1. The lowest BCUT2D eigenvalue weighted by Gasteiger charge is -2.32. The number of halogens is 2. The Balaban J connectivity index is 2.37. The van der Waals surface area contributed by atoms with Crippen molar-refractivity contribution >= 4 is 5.97 Å². The lowest BCUT2D eigenvalue weighted by Crippen LogP contribution is -2.29. The van der Waals surface area contributed by atoms with Crippen LogP contribution < -0.4 is 0 Å². The van der Waals surface area contributed by atoms with Crippen molar-refractivity contribution in [3.63, 3.8) is 0 Å². The standard InChI is InChI=1S/C14H16F2O2/c1-8-2-4-10(14(17)18)11(6-8)12-7-9(15)3-5-13(12)16/h3,5,7-8,10-11H,2,4,6H2,1H3,(H,17,18). The molecule has 0 aromatic heterocycles. The minimum Gasteiger partial charge on any atom is -0.481 e. The van der Waals surface area contributed by atoms with Crippen LogP contribution in [-0.4, -0.2) is 11.1 Å². The highest BCUT2D eigenvalue weighted by molar-refractivity contribution is 5.71. The van der Waals surface area contributed by atoms with Gasteiger partial charge in [-0.25, -0.2) is 8.78 Å². The van der Waals surface area contributed by atoms with Crippen molar-refractivity contribution in [2.24, 2.45) is 11.8 Å². The van der Waals surface area contributed by atoms with Crippen LogP contribution in [0.4, 0.5) is 8.78 Å². The summed E-state index contributed by atoms with van der Waals surface area (Å²) in [7, 11) is 0. The van der Waals surface area contributed by atoms with Crippen molar-refractivity contribution in [2.75, 3.05) is 0 Å². The van der Waals surface area contributed by atoms with Gasteiger partial charge in [0.15, 0.2) is 0 Å². The molecule has 2 rings (SSSR count). The molecule has 0 bridgehead atoms. The summed E-state index contributed by atoms with van der Waals surface area (Å²) in [4.78, 5) is 11.2. The molecule has 0 amide bonds. The third-order valence-electron chi connectivity index (χ3n) is 3.79. The summed E-state index contributed by atoms with van der Waals surface area (Å²) in [5.41, 5.74) is 0.203. The van der Waals surface area contributed by atoms with E-state index in [4.69, 9.17) is 0 Å². The lowest BCUT2D eigenvalue weighted by atomic mass is 9.71. The Morgan fingerprint density at radius 1 is 1.33 bits per heavy atom. The van der Waals surface area contributed by atoms with Crippen LogP contribution in [0.3, 0.4) is 0 Å². The third-order valence-corrected chi connectivity index (χ3v) is 3.79. The van der Waals surface area contributed by atoms with Gasteiger partial charge in [0, 0.05) is 5.92 Å². The molecule has 1 aromatic carbocycles. The number of carbonyl (C=O) groups is 1. The highest BCUT2D eigenvalue weighted by Crippen LogP contribution is 2.41. The Bertz CT molecular complexity index is 459. The molecule has 3 atom stereocenters. The van der Waals surface area contributed by atoms with Crippen molar-refractivity contribution < 1.29 is 18.7 Å². The first-order chi connectivity index (χ1) is 8.49. The molecule has 0 heterocycles. The van der Waals surface area contributed by atoms with Crippen molar-refractivity contribution in [3.8, 4) is 0 Å². The van der Waals surface area contributed by atoms with E-state index in [1.54, 1.807) is 0 Å². The van der Waals surface area contributed by atoms with E-state index < -0.39 is 29.4 Å². The Kier molecular flexibility index (Phi) is 3.64. The molecule has 4 heteroatoms. The molecule has 3 unspecified atom stereocenters. The zero-order valence-electron chi connectivity index (χ0n) is 10.2. The third kappa shape index (κ3) is 2.52. The molecule has 0 aliphatic heterocycles. The van der Waals surface area contributed by atoms with Crippen molar-refractivity contribution in [1.29, 1.82) is 0 Å². The van der Waals surface area contributed by atoms with E-state index in [0.29, 0.717) is 18.8 Å². The second-order valence-corrected chi connectivity index (χ2v) is 5.14. The van der Waals surface area contributed by atoms with E-state index in [1.165, 1.54) is 0 Å². The summed E-state index contributed by atoms with van der Waals surface area (Å²) in [5, 5.41) is 9.20. The first kappa shape index (κ1) is 13.0. The molecule has 1 saturated carbocycles. The summed E-state index contributed by atoms with van der Waals surface area (Å²) in [6, 6.07) is 3.26. The van der Waals surface area contributed by atoms with E-state index >= 15 is 0 Å². The average Bonchev–Trinajstić information content (AvgIpc) is 2.31. The first-order valence-corrected chi connectivity index (χ1v) is 6.16. The van der Waals surface area contributed by atoms with Gasteiger partial charge in [-0.15, -0.1) is 0 Å². The smallest absolute Gasteiger partial charge is 0.307 e. The zero-order chi connectivity index (χ0) is 13.3. The van der Waals surface area contributed by atoms with Crippen molar-refractivity contribution in [1.82, 2.24) is 0 Å². The van der Waals surface area contributed by atoms with Crippen LogP contribution in [0.25, 0.3) is 0 Å². The van der Waals surface area contributed by atoms with Gasteiger partial charge in [0.2, 0.25) is 0 Å². The number of carboxylic acids is 1. The SMILES string of the molecule is CC1CCC(C(=O)O)C(c2cc(F)ccc2F)C1. The summed E-state index contributed by atoms with van der Waals surface area (Å²) < 4.78 is 27.0. The topological polar surface area (TPSA) is 37.3 Å². The largest absolute Gasteiger partial charge is 0.481 e. The Hall–Kier alpha value is -1.45. The summed E-state index contributed by atoms with van der Waals surface area (Å²) in [6.45, 7) is 2.02. The Morgan fingerprint density at radius 3 is 2.72 bits per heavy atom. The van der Waals surface area contributed by atoms with Gasteiger partial charge in [0.1, 0.15) is 11.6 Å². The van der Waals surface area contributed by atoms with Gasteiger partial charge >= 0.3 is 5.97 Å². The second kappa shape index (κ2) is 5.04. The Labute approximate surface area is 105 Å². The minimum atomic E-state index is -0.921.